The summed E-state index contributed by atoms with van der Waals surface area (Å²) in [6.45, 7) is 2.71. The molecule has 4 rings (SSSR count). The Morgan fingerprint density at radius 3 is 2.73 bits per heavy atom. The molecule has 0 bridgehead atoms. The van der Waals surface area contributed by atoms with E-state index in [9.17, 15) is 13.2 Å². The fourth-order valence-corrected chi connectivity index (χ4v) is 3.29. The molecule has 9 heteroatoms. The van der Waals surface area contributed by atoms with E-state index >= 15 is 0 Å². The first-order valence-corrected chi connectivity index (χ1v) is 8.34. The highest BCUT2D eigenvalue weighted by atomic mass is 19.2. The Balaban J connectivity index is 1.81. The number of benzene rings is 1. The Morgan fingerprint density at radius 2 is 2.04 bits per heavy atom. The molecule has 1 aliphatic heterocycles. The zero-order valence-electron chi connectivity index (χ0n) is 14.1. The van der Waals surface area contributed by atoms with Gasteiger partial charge in [-0.1, -0.05) is 5.16 Å². The largest absolute Gasteiger partial charge is 0.359 e. The molecule has 6 nitrogen and oxygen atoms in total. The van der Waals surface area contributed by atoms with E-state index in [1.165, 1.54) is 0 Å². The van der Waals surface area contributed by atoms with Crippen LogP contribution in [0.25, 0.3) is 11.0 Å². The van der Waals surface area contributed by atoms with Gasteiger partial charge in [-0.05, 0) is 13.3 Å². The van der Waals surface area contributed by atoms with Crippen molar-refractivity contribution in [3.05, 3.63) is 41.3 Å². The van der Waals surface area contributed by atoms with Crippen LogP contribution >= 0.6 is 0 Å². The summed E-state index contributed by atoms with van der Waals surface area (Å²) in [6.07, 6.45) is -0.801. The molecule has 2 atom stereocenters. The molecule has 0 radical (unpaired) electrons. The molecule has 2 unspecified atom stereocenters. The minimum absolute atomic E-state index is 0.239. The topological polar surface area (TPSA) is 73.1 Å². The summed E-state index contributed by atoms with van der Waals surface area (Å²) in [5, 5.41) is 3.85. The number of hydrogen-bond acceptors (Lipinski definition) is 5. The Kier molecular flexibility index (Phi) is 4.10. The molecule has 1 fully saturated rings. The minimum atomic E-state index is -1.07. The van der Waals surface area contributed by atoms with Gasteiger partial charge in [-0.2, -0.15) is 0 Å². The maximum Gasteiger partial charge on any atom is 0.207 e. The lowest BCUT2D eigenvalue weighted by molar-refractivity contribution is 0.243. The smallest absolute Gasteiger partial charge is 0.207 e. The summed E-state index contributed by atoms with van der Waals surface area (Å²) in [7, 11) is 0. The second-order valence-electron chi connectivity index (χ2n) is 6.60. The van der Waals surface area contributed by atoms with E-state index in [4.69, 9.17) is 10.3 Å². The first kappa shape index (κ1) is 16.9. The number of imidazole rings is 1. The summed E-state index contributed by atoms with van der Waals surface area (Å²) in [4.78, 5) is 6.28. The van der Waals surface area contributed by atoms with Crippen LogP contribution in [0.4, 0.5) is 19.1 Å². The maximum atomic E-state index is 13.8. The Labute approximate surface area is 147 Å². The summed E-state index contributed by atoms with van der Waals surface area (Å²) in [5.41, 5.74) is 7.30. The third kappa shape index (κ3) is 2.92. The summed E-state index contributed by atoms with van der Waals surface area (Å²) in [5.74, 6) is -0.902. The van der Waals surface area contributed by atoms with E-state index in [0.717, 1.165) is 12.1 Å². The monoisotopic (exact) mass is 365 g/mol. The van der Waals surface area contributed by atoms with Crippen molar-refractivity contribution in [1.82, 2.24) is 14.7 Å². The predicted molar refractivity (Wildman–Crippen MR) is 89.7 cm³/mol. The lowest BCUT2D eigenvalue weighted by Crippen LogP contribution is -2.50. The van der Waals surface area contributed by atoms with Gasteiger partial charge >= 0.3 is 0 Å². The van der Waals surface area contributed by atoms with E-state index in [2.05, 4.69) is 10.1 Å². The van der Waals surface area contributed by atoms with Crippen molar-refractivity contribution in [1.29, 1.82) is 0 Å². The van der Waals surface area contributed by atoms with E-state index in [-0.39, 0.29) is 19.5 Å². The van der Waals surface area contributed by atoms with Crippen molar-refractivity contribution in [2.45, 2.75) is 32.1 Å². The first-order valence-electron chi connectivity index (χ1n) is 8.34. The normalized spacial score (nSPS) is 20.9. The molecule has 1 aliphatic rings. The van der Waals surface area contributed by atoms with Gasteiger partial charge in [0, 0.05) is 31.3 Å². The summed E-state index contributed by atoms with van der Waals surface area (Å²) in [6, 6.07) is 3.28. The molecular weight excluding hydrogens is 347 g/mol. The van der Waals surface area contributed by atoms with Crippen LogP contribution in [-0.2, 0) is 6.54 Å². The van der Waals surface area contributed by atoms with Crippen molar-refractivity contribution in [2.75, 3.05) is 18.0 Å². The van der Waals surface area contributed by atoms with E-state index in [1.807, 2.05) is 4.90 Å². The molecule has 1 aromatic carbocycles. The van der Waals surface area contributed by atoms with Gasteiger partial charge < -0.3 is 19.7 Å². The van der Waals surface area contributed by atoms with Crippen LogP contribution < -0.4 is 10.6 Å². The number of nitrogens with two attached hydrogens (primary N) is 1. The average Bonchev–Trinajstić information content (AvgIpc) is 3.15. The molecular formula is C17H18F3N5O. The van der Waals surface area contributed by atoms with E-state index < -0.39 is 23.8 Å². The molecule has 0 amide bonds. The molecule has 0 saturated carbocycles. The third-order valence-electron chi connectivity index (χ3n) is 4.61. The second kappa shape index (κ2) is 6.31. The number of aromatic nitrogens is 3. The number of nitrogens with zero attached hydrogens (tertiary/aromatic N) is 4. The van der Waals surface area contributed by atoms with Crippen molar-refractivity contribution in [3.63, 3.8) is 0 Å². The molecule has 2 aromatic heterocycles. The van der Waals surface area contributed by atoms with Gasteiger partial charge in [0.2, 0.25) is 5.95 Å². The van der Waals surface area contributed by atoms with Crippen LogP contribution in [0.15, 0.2) is 22.7 Å². The maximum absolute atomic E-state index is 13.8. The third-order valence-corrected chi connectivity index (χ3v) is 4.61. The quantitative estimate of drug-likeness (QED) is 0.772. The zero-order chi connectivity index (χ0) is 18.4. The number of aryl methyl sites for hydroxylation is 1. The molecule has 3 aromatic rings. The number of rotatable bonds is 3. The molecule has 3 heterocycles. The van der Waals surface area contributed by atoms with Gasteiger partial charge in [-0.25, -0.2) is 18.2 Å². The molecule has 2 N–H and O–H groups in total. The summed E-state index contributed by atoms with van der Waals surface area (Å²) >= 11 is 0. The Hall–Kier alpha value is -2.55. The summed E-state index contributed by atoms with van der Waals surface area (Å²) < 4.78 is 48.1. The lowest BCUT2D eigenvalue weighted by atomic mass is 10.1. The Bertz CT molecular complexity index is 953. The van der Waals surface area contributed by atoms with Crippen LogP contribution in [0, 0.1) is 18.6 Å². The van der Waals surface area contributed by atoms with Crippen molar-refractivity contribution in [3.8, 4) is 0 Å². The van der Waals surface area contributed by atoms with Gasteiger partial charge in [0.05, 0.1) is 29.3 Å². The molecule has 0 aliphatic carbocycles. The fourth-order valence-electron chi connectivity index (χ4n) is 3.29. The lowest BCUT2D eigenvalue weighted by Gasteiger charge is -2.34. The van der Waals surface area contributed by atoms with Crippen LogP contribution in [0.1, 0.15) is 17.9 Å². The molecule has 138 valence electrons. The van der Waals surface area contributed by atoms with Crippen LogP contribution in [0.5, 0.6) is 0 Å². The second-order valence-corrected chi connectivity index (χ2v) is 6.60. The number of fused-ring (bicyclic) bond motifs is 1. The number of halogens is 3. The molecule has 26 heavy (non-hydrogen) atoms. The zero-order valence-corrected chi connectivity index (χ0v) is 14.1. The first-order chi connectivity index (χ1) is 12.4. The molecule has 0 spiro atoms. The number of alkyl halides is 1. The average molecular weight is 365 g/mol. The highest BCUT2D eigenvalue weighted by molar-refractivity contribution is 5.79. The van der Waals surface area contributed by atoms with Gasteiger partial charge in [0.15, 0.2) is 17.4 Å². The van der Waals surface area contributed by atoms with Gasteiger partial charge in [-0.3, -0.25) is 0 Å². The molecule has 1 saturated heterocycles. The van der Waals surface area contributed by atoms with E-state index in [1.54, 1.807) is 17.6 Å². The van der Waals surface area contributed by atoms with Gasteiger partial charge in [0.1, 0.15) is 6.17 Å². The van der Waals surface area contributed by atoms with Gasteiger partial charge in [-0.15, -0.1) is 0 Å². The van der Waals surface area contributed by atoms with Gasteiger partial charge in [0.25, 0.3) is 0 Å². The number of anilines is 1. The number of piperidine rings is 1. The fraction of sp³-hybridized carbons (Fsp3) is 0.412. The Morgan fingerprint density at radius 1 is 1.27 bits per heavy atom. The van der Waals surface area contributed by atoms with Crippen molar-refractivity contribution in [2.24, 2.45) is 5.73 Å². The highest BCUT2D eigenvalue weighted by Crippen LogP contribution is 2.28. The van der Waals surface area contributed by atoms with Crippen molar-refractivity contribution >= 4 is 17.0 Å². The van der Waals surface area contributed by atoms with Crippen molar-refractivity contribution < 1.29 is 17.7 Å². The standard InChI is InChI=1S/C17H18F3N5O/c1-9-4-10(26-23-9)7-25-16-6-13(20)12(19)5-15(16)22-17(25)24-3-2-11(18)14(21)8-24/h4-6,11,14H,2-3,7-8,21H2,1H3. The SMILES string of the molecule is Cc1cc(Cn2c(N3CCC(F)C(N)C3)nc3cc(F)c(F)cc32)on1. The number of hydrogen-bond donors (Lipinski definition) is 1. The van der Waals surface area contributed by atoms with Crippen LogP contribution in [0.2, 0.25) is 0 Å². The minimum Gasteiger partial charge on any atom is -0.359 e. The highest BCUT2D eigenvalue weighted by Gasteiger charge is 2.29. The van der Waals surface area contributed by atoms with Crippen LogP contribution in [0.3, 0.4) is 0 Å². The van der Waals surface area contributed by atoms with E-state index in [0.29, 0.717) is 35.0 Å². The predicted octanol–water partition coefficient (Wildman–Crippen LogP) is 2.53. The van der Waals surface area contributed by atoms with Crippen LogP contribution in [-0.4, -0.2) is 40.0 Å².